The Morgan fingerprint density at radius 2 is 1.84 bits per heavy atom. The van der Waals surface area contributed by atoms with Crippen LogP contribution in [0.5, 0.6) is 0 Å². The maximum Gasteiger partial charge on any atom is 0.194 e. The van der Waals surface area contributed by atoms with Crippen molar-refractivity contribution in [2.45, 2.75) is 42.3 Å². The first-order chi connectivity index (χ1) is 15.0. The lowest BCUT2D eigenvalue weighted by atomic mass is 9.93. The Morgan fingerprint density at radius 3 is 2.34 bits per heavy atom. The van der Waals surface area contributed by atoms with Gasteiger partial charge in [-0.25, -0.2) is 13.2 Å². The molecule has 5 atom stereocenters. The highest BCUT2D eigenvalue weighted by Crippen LogP contribution is 2.22. The van der Waals surface area contributed by atoms with Crippen LogP contribution >= 0.6 is 28.6 Å². The van der Waals surface area contributed by atoms with E-state index in [1.54, 1.807) is 19.3 Å². The molecule has 0 spiro atoms. The van der Waals surface area contributed by atoms with E-state index in [2.05, 4.69) is 38.9 Å². The first-order valence-electron chi connectivity index (χ1n) is 9.33. The SMILES string of the molecule is CC1OC(CO)C(O)C(N/C=C(\N)c2cc(F)c(F)c(F)c2)C1O.Sc1cncc(Br)c1. The fourth-order valence-electron chi connectivity index (χ4n) is 2.90. The number of ether oxygens (including phenoxy) is 1. The third-order valence-electron chi connectivity index (χ3n) is 4.61. The van der Waals surface area contributed by atoms with E-state index >= 15 is 0 Å². The average Bonchev–Trinajstić information content (AvgIpc) is 2.74. The number of aromatic nitrogens is 1. The molecule has 1 saturated heterocycles. The molecule has 0 saturated carbocycles. The van der Waals surface area contributed by atoms with Crippen molar-refractivity contribution in [1.82, 2.24) is 10.3 Å². The van der Waals surface area contributed by atoms with Gasteiger partial charge in [-0.1, -0.05) is 0 Å². The molecule has 5 unspecified atom stereocenters. The summed E-state index contributed by atoms with van der Waals surface area (Å²) >= 11 is 7.31. The second-order valence-corrected chi connectivity index (χ2v) is 8.38. The number of benzene rings is 1. The number of pyridine rings is 1. The molecule has 0 bridgehead atoms. The number of thiol groups is 1. The van der Waals surface area contributed by atoms with Gasteiger partial charge in [0, 0.05) is 33.5 Å². The van der Waals surface area contributed by atoms with Crippen LogP contribution in [0.2, 0.25) is 0 Å². The van der Waals surface area contributed by atoms with Gasteiger partial charge in [0.2, 0.25) is 0 Å². The molecule has 12 heteroatoms. The second kappa shape index (κ2) is 11.9. The second-order valence-electron chi connectivity index (χ2n) is 6.95. The molecule has 1 aliphatic rings. The summed E-state index contributed by atoms with van der Waals surface area (Å²) in [5, 5.41) is 32.0. The molecule has 0 radical (unpaired) electrons. The van der Waals surface area contributed by atoms with Gasteiger partial charge in [-0.15, -0.1) is 12.6 Å². The Bertz CT molecular complexity index is 916. The van der Waals surface area contributed by atoms with Gasteiger partial charge in [-0.3, -0.25) is 4.98 Å². The Hall–Kier alpha value is -1.83. The number of halogens is 4. The Morgan fingerprint density at radius 1 is 1.22 bits per heavy atom. The molecule has 0 amide bonds. The van der Waals surface area contributed by atoms with Crippen molar-refractivity contribution in [2.24, 2.45) is 5.73 Å². The third-order valence-corrected chi connectivity index (χ3v) is 5.28. The van der Waals surface area contributed by atoms with E-state index in [0.29, 0.717) is 0 Å². The summed E-state index contributed by atoms with van der Waals surface area (Å²) in [4.78, 5) is 4.73. The van der Waals surface area contributed by atoms with Crippen LogP contribution in [0.15, 0.2) is 46.2 Å². The van der Waals surface area contributed by atoms with Crippen molar-refractivity contribution in [3.05, 3.63) is 64.3 Å². The minimum atomic E-state index is -1.60. The molecule has 1 fully saturated rings. The summed E-state index contributed by atoms with van der Waals surface area (Å²) in [6.07, 6.45) is 0.610. The largest absolute Gasteiger partial charge is 0.397 e. The topological polar surface area (TPSA) is 121 Å². The van der Waals surface area contributed by atoms with E-state index < -0.39 is 54.5 Å². The number of nitrogens with one attached hydrogen (secondary N) is 1. The minimum absolute atomic E-state index is 0.110. The van der Waals surface area contributed by atoms with Gasteiger partial charge < -0.3 is 31.1 Å². The predicted octanol–water partition coefficient (Wildman–Crippen LogP) is 1.95. The van der Waals surface area contributed by atoms with E-state index in [0.717, 1.165) is 27.7 Å². The molecule has 7 nitrogen and oxygen atoms in total. The Labute approximate surface area is 196 Å². The lowest BCUT2D eigenvalue weighted by molar-refractivity contribution is -0.186. The number of nitrogens with zero attached hydrogens (tertiary/aromatic N) is 1. The summed E-state index contributed by atoms with van der Waals surface area (Å²) in [5.41, 5.74) is 5.45. The summed E-state index contributed by atoms with van der Waals surface area (Å²) in [6, 6.07) is 2.40. The molecule has 3 rings (SSSR count). The van der Waals surface area contributed by atoms with Gasteiger partial charge in [0.15, 0.2) is 17.5 Å². The molecular formula is C20H23BrF3N3O4S. The van der Waals surface area contributed by atoms with Crippen molar-refractivity contribution >= 4 is 34.3 Å². The van der Waals surface area contributed by atoms with Crippen LogP contribution in [-0.4, -0.2) is 57.4 Å². The summed E-state index contributed by atoms with van der Waals surface area (Å²) < 4.78 is 45.6. The lowest BCUT2D eigenvalue weighted by Gasteiger charge is -2.41. The van der Waals surface area contributed by atoms with Crippen LogP contribution in [0.1, 0.15) is 12.5 Å². The van der Waals surface area contributed by atoms with Crippen LogP contribution in [0.3, 0.4) is 0 Å². The summed E-state index contributed by atoms with van der Waals surface area (Å²) in [6.45, 7) is 1.11. The van der Waals surface area contributed by atoms with Crippen LogP contribution in [0, 0.1) is 17.5 Å². The van der Waals surface area contributed by atoms with Crippen molar-refractivity contribution < 1.29 is 33.2 Å². The molecule has 1 aliphatic heterocycles. The van der Waals surface area contributed by atoms with Crippen molar-refractivity contribution in [3.63, 3.8) is 0 Å². The Balaban J connectivity index is 0.000000380. The normalized spacial score (nSPS) is 25.7. The maximum absolute atomic E-state index is 13.2. The number of aliphatic hydroxyl groups is 3. The van der Waals surface area contributed by atoms with Crippen molar-refractivity contribution in [1.29, 1.82) is 0 Å². The van der Waals surface area contributed by atoms with Gasteiger partial charge in [0.05, 0.1) is 24.4 Å². The predicted molar refractivity (Wildman–Crippen MR) is 118 cm³/mol. The molecule has 1 aromatic carbocycles. The minimum Gasteiger partial charge on any atom is -0.397 e. The first kappa shape index (κ1) is 26.4. The van der Waals surface area contributed by atoms with Crippen LogP contribution in [0.4, 0.5) is 13.2 Å². The zero-order valence-electron chi connectivity index (χ0n) is 16.8. The van der Waals surface area contributed by atoms with E-state index in [9.17, 15) is 28.5 Å². The molecule has 176 valence electrons. The number of hydrogen-bond donors (Lipinski definition) is 6. The zero-order valence-corrected chi connectivity index (χ0v) is 19.3. The van der Waals surface area contributed by atoms with Crippen molar-refractivity contribution in [3.8, 4) is 0 Å². The molecule has 6 N–H and O–H groups in total. The standard InChI is InChI=1S/C15H19F3N2O4.C5H4BrNS/c1-6-14(22)13(15(23)11(5-21)24-6)20-4-10(19)7-2-8(16)12(18)9(17)3-7;6-4-1-5(8)3-7-2-4/h2-4,6,11,13-15,20-23H,5,19H2,1H3;1-3,8H/b10-4-;. The number of hydrogen-bond acceptors (Lipinski definition) is 8. The highest BCUT2D eigenvalue weighted by atomic mass is 79.9. The van der Waals surface area contributed by atoms with Gasteiger partial charge in [0.25, 0.3) is 0 Å². The molecular weight excluding hydrogens is 515 g/mol. The van der Waals surface area contributed by atoms with E-state index in [4.69, 9.17) is 10.5 Å². The monoisotopic (exact) mass is 537 g/mol. The van der Waals surface area contributed by atoms with E-state index in [1.165, 1.54) is 0 Å². The molecule has 1 aromatic heterocycles. The fourth-order valence-corrected chi connectivity index (χ4v) is 3.65. The zero-order chi connectivity index (χ0) is 24.0. The van der Waals surface area contributed by atoms with Crippen LogP contribution in [0.25, 0.3) is 5.70 Å². The first-order valence-corrected chi connectivity index (χ1v) is 10.6. The molecule has 2 aromatic rings. The van der Waals surface area contributed by atoms with Gasteiger partial charge in [-0.2, -0.15) is 0 Å². The highest BCUT2D eigenvalue weighted by Gasteiger charge is 2.41. The smallest absolute Gasteiger partial charge is 0.194 e. The van der Waals surface area contributed by atoms with Crippen molar-refractivity contribution in [2.75, 3.05) is 6.61 Å². The number of aliphatic hydroxyl groups excluding tert-OH is 3. The lowest BCUT2D eigenvalue weighted by Crippen LogP contribution is -2.62. The molecule has 0 aliphatic carbocycles. The van der Waals surface area contributed by atoms with E-state index in [-0.39, 0.29) is 11.3 Å². The van der Waals surface area contributed by atoms with E-state index in [1.807, 2.05) is 6.07 Å². The average molecular weight is 538 g/mol. The summed E-state index contributed by atoms with van der Waals surface area (Å²) in [7, 11) is 0. The van der Waals surface area contributed by atoms with Crippen LogP contribution < -0.4 is 11.1 Å². The molecule has 2 heterocycles. The number of nitrogens with two attached hydrogens (primary N) is 1. The van der Waals surface area contributed by atoms with Gasteiger partial charge >= 0.3 is 0 Å². The van der Waals surface area contributed by atoms with Crippen LogP contribution in [-0.2, 0) is 4.74 Å². The Kier molecular flexibility index (Phi) is 9.80. The quantitative estimate of drug-likeness (QED) is 0.260. The third kappa shape index (κ3) is 6.83. The summed E-state index contributed by atoms with van der Waals surface area (Å²) in [5.74, 6) is -4.38. The highest BCUT2D eigenvalue weighted by molar-refractivity contribution is 9.10. The molecule has 32 heavy (non-hydrogen) atoms. The maximum atomic E-state index is 13.2. The van der Waals surface area contributed by atoms with Gasteiger partial charge in [-0.05, 0) is 41.1 Å². The van der Waals surface area contributed by atoms with Gasteiger partial charge in [0.1, 0.15) is 18.3 Å². The fraction of sp³-hybridized carbons (Fsp3) is 0.350. The number of rotatable bonds is 4.